The molecule has 1 atom stereocenters. The molecule has 0 heterocycles. The third kappa shape index (κ3) is 4.07. The van der Waals surface area contributed by atoms with Crippen LogP contribution in [0.1, 0.15) is 39.5 Å². The second-order valence-corrected chi connectivity index (χ2v) is 4.04. The zero-order valence-corrected chi connectivity index (χ0v) is 8.55. The summed E-state index contributed by atoms with van der Waals surface area (Å²) in [4.78, 5) is 11.4. The Kier molecular flexibility index (Phi) is 3.94. The van der Waals surface area contributed by atoms with Crippen molar-refractivity contribution in [3.63, 3.8) is 0 Å². The maximum Gasteiger partial charge on any atom is 0.155 e. The molecule has 0 aromatic rings. The third-order valence-electron chi connectivity index (χ3n) is 2.32. The predicted molar refractivity (Wildman–Crippen MR) is 55.5 cm³/mol. The molecule has 0 fully saturated rings. The fraction of sp³-hybridized carbons (Fsp3) is 0.583. The molecule has 13 heavy (non-hydrogen) atoms. The van der Waals surface area contributed by atoms with Crippen LogP contribution in [-0.2, 0) is 4.79 Å². The lowest BCUT2D eigenvalue weighted by Gasteiger charge is -2.15. The monoisotopic (exact) mass is 178 g/mol. The fourth-order valence-corrected chi connectivity index (χ4v) is 1.71. The first kappa shape index (κ1) is 10.2. The Balaban J connectivity index is 2.36. The Morgan fingerprint density at radius 1 is 1.46 bits per heavy atom. The normalized spacial score (nSPS) is 21.2. The van der Waals surface area contributed by atoms with Gasteiger partial charge in [0, 0.05) is 6.42 Å². The lowest BCUT2D eigenvalue weighted by Crippen LogP contribution is -2.08. The number of rotatable bonds is 3. The van der Waals surface area contributed by atoms with Gasteiger partial charge >= 0.3 is 0 Å². The van der Waals surface area contributed by atoms with E-state index in [4.69, 9.17) is 0 Å². The van der Waals surface area contributed by atoms with E-state index in [0.29, 0.717) is 11.7 Å². The minimum Gasteiger partial charge on any atom is -0.295 e. The first-order chi connectivity index (χ1) is 6.18. The van der Waals surface area contributed by atoms with Crippen molar-refractivity contribution < 1.29 is 4.79 Å². The molecule has 1 nitrogen and oxygen atoms in total. The molecular formula is C12H18O. The van der Waals surface area contributed by atoms with E-state index >= 15 is 0 Å². The van der Waals surface area contributed by atoms with Crippen LogP contribution in [0.15, 0.2) is 23.8 Å². The van der Waals surface area contributed by atoms with Crippen molar-refractivity contribution in [3.05, 3.63) is 23.8 Å². The Morgan fingerprint density at radius 2 is 2.23 bits per heavy atom. The maximum absolute atomic E-state index is 11.4. The average molecular weight is 178 g/mol. The predicted octanol–water partition coefficient (Wildman–Crippen LogP) is 3.27. The maximum atomic E-state index is 11.4. The van der Waals surface area contributed by atoms with Gasteiger partial charge in [-0.1, -0.05) is 17.7 Å². The molecule has 0 aromatic heterocycles. The minimum atomic E-state index is 0.292. The number of hydrogen-bond donors (Lipinski definition) is 0. The topological polar surface area (TPSA) is 17.1 Å². The van der Waals surface area contributed by atoms with Gasteiger partial charge in [0.05, 0.1) is 0 Å². The number of allylic oxidation sites excluding steroid dienone is 4. The molecule has 1 heteroatoms. The van der Waals surface area contributed by atoms with Crippen molar-refractivity contribution in [2.75, 3.05) is 0 Å². The van der Waals surface area contributed by atoms with Gasteiger partial charge in [-0.2, -0.15) is 0 Å². The standard InChI is InChI=1S/C12H18O/c1-10(2)8-12(13)9-11-6-4-3-5-7-11/h3-4,8,11H,5-7,9H2,1-2H3. The van der Waals surface area contributed by atoms with Crippen LogP contribution in [0.4, 0.5) is 0 Å². The van der Waals surface area contributed by atoms with E-state index in [1.54, 1.807) is 6.08 Å². The van der Waals surface area contributed by atoms with Crippen LogP contribution in [0.3, 0.4) is 0 Å². The molecule has 0 saturated heterocycles. The molecule has 0 aromatic carbocycles. The van der Waals surface area contributed by atoms with Crippen molar-refractivity contribution in [2.24, 2.45) is 5.92 Å². The second-order valence-electron chi connectivity index (χ2n) is 4.04. The van der Waals surface area contributed by atoms with Crippen LogP contribution in [0, 0.1) is 5.92 Å². The van der Waals surface area contributed by atoms with Gasteiger partial charge in [-0.25, -0.2) is 0 Å². The first-order valence-electron chi connectivity index (χ1n) is 5.01. The molecule has 1 aliphatic rings. The van der Waals surface area contributed by atoms with Gasteiger partial charge in [0.15, 0.2) is 5.78 Å². The summed E-state index contributed by atoms with van der Waals surface area (Å²) in [5.41, 5.74) is 1.11. The first-order valence-corrected chi connectivity index (χ1v) is 5.01. The van der Waals surface area contributed by atoms with Gasteiger partial charge in [-0.05, 0) is 45.1 Å². The van der Waals surface area contributed by atoms with Gasteiger partial charge in [-0.3, -0.25) is 4.79 Å². The van der Waals surface area contributed by atoms with E-state index in [0.717, 1.165) is 24.8 Å². The number of carbonyl (C=O) groups excluding carboxylic acids is 1. The lowest BCUT2D eigenvalue weighted by molar-refractivity contribution is -0.115. The SMILES string of the molecule is CC(C)=CC(=O)CC1CC=CCC1. The highest BCUT2D eigenvalue weighted by Crippen LogP contribution is 2.21. The fourth-order valence-electron chi connectivity index (χ4n) is 1.71. The highest BCUT2D eigenvalue weighted by atomic mass is 16.1. The quantitative estimate of drug-likeness (QED) is 0.479. The summed E-state index contributed by atoms with van der Waals surface area (Å²) in [6.45, 7) is 3.94. The summed E-state index contributed by atoms with van der Waals surface area (Å²) >= 11 is 0. The van der Waals surface area contributed by atoms with E-state index in [9.17, 15) is 4.79 Å². The zero-order chi connectivity index (χ0) is 9.68. The van der Waals surface area contributed by atoms with Gasteiger partial charge in [-0.15, -0.1) is 0 Å². The number of ketones is 1. The molecule has 0 aliphatic heterocycles. The molecule has 0 radical (unpaired) electrons. The smallest absolute Gasteiger partial charge is 0.155 e. The summed E-state index contributed by atoms with van der Waals surface area (Å²) in [6, 6.07) is 0. The Labute approximate surface area is 80.5 Å². The van der Waals surface area contributed by atoms with Gasteiger partial charge in [0.2, 0.25) is 0 Å². The van der Waals surface area contributed by atoms with E-state index in [1.807, 2.05) is 13.8 Å². The molecule has 0 saturated carbocycles. The van der Waals surface area contributed by atoms with Crippen LogP contribution >= 0.6 is 0 Å². The molecule has 1 aliphatic carbocycles. The molecule has 0 N–H and O–H groups in total. The number of carbonyl (C=O) groups is 1. The van der Waals surface area contributed by atoms with Gasteiger partial charge < -0.3 is 0 Å². The van der Waals surface area contributed by atoms with Crippen LogP contribution in [0.5, 0.6) is 0 Å². The van der Waals surface area contributed by atoms with Gasteiger partial charge in [0.25, 0.3) is 0 Å². The second kappa shape index (κ2) is 5.00. The molecule has 1 rings (SSSR count). The summed E-state index contributed by atoms with van der Waals surface area (Å²) in [5.74, 6) is 0.883. The van der Waals surface area contributed by atoms with Crippen LogP contribution in [-0.4, -0.2) is 5.78 Å². The summed E-state index contributed by atoms with van der Waals surface area (Å²) in [5, 5.41) is 0. The Hall–Kier alpha value is -0.850. The van der Waals surface area contributed by atoms with Crippen LogP contribution in [0.2, 0.25) is 0 Å². The van der Waals surface area contributed by atoms with Crippen molar-refractivity contribution in [3.8, 4) is 0 Å². The zero-order valence-electron chi connectivity index (χ0n) is 8.55. The molecule has 0 amide bonds. The highest BCUT2D eigenvalue weighted by Gasteiger charge is 2.12. The van der Waals surface area contributed by atoms with Crippen molar-refractivity contribution in [1.29, 1.82) is 0 Å². The van der Waals surface area contributed by atoms with Crippen molar-refractivity contribution >= 4 is 5.78 Å². The lowest BCUT2D eigenvalue weighted by atomic mass is 9.90. The Bertz CT molecular complexity index is 232. The van der Waals surface area contributed by atoms with Crippen molar-refractivity contribution in [1.82, 2.24) is 0 Å². The molecule has 0 spiro atoms. The van der Waals surface area contributed by atoms with E-state index in [1.165, 1.54) is 6.42 Å². The molecule has 1 unspecified atom stereocenters. The Morgan fingerprint density at radius 3 is 2.77 bits per heavy atom. The van der Waals surface area contributed by atoms with Crippen LogP contribution < -0.4 is 0 Å². The third-order valence-corrected chi connectivity index (χ3v) is 2.32. The molecule has 72 valence electrons. The molecule has 0 bridgehead atoms. The molecular weight excluding hydrogens is 160 g/mol. The highest BCUT2D eigenvalue weighted by molar-refractivity contribution is 5.90. The van der Waals surface area contributed by atoms with Crippen molar-refractivity contribution in [2.45, 2.75) is 39.5 Å². The average Bonchev–Trinajstić information content (AvgIpc) is 2.04. The van der Waals surface area contributed by atoms with Crippen LogP contribution in [0.25, 0.3) is 0 Å². The van der Waals surface area contributed by atoms with E-state index in [2.05, 4.69) is 12.2 Å². The summed E-state index contributed by atoms with van der Waals surface area (Å²) in [7, 11) is 0. The minimum absolute atomic E-state index is 0.292. The van der Waals surface area contributed by atoms with E-state index in [-0.39, 0.29) is 0 Å². The number of hydrogen-bond acceptors (Lipinski definition) is 1. The largest absolute Gasteiger partial charge is 0.295 e. The van der Waals surface area contributed by atoms with Gasteiger partial charge in [0.1, 0.15) is 0 Å². The summed E-state index contributed by atoms with van der Waals surface area (Å²) in [6.07, 6.45) is 10.3. The summed E-state index contributed by atoms with van der Waals surface area (Å²) < 4.78 is 0. The van der Waals surface area contributed by atoms with E-state index < -0.39 is 0 Å².